The first-order chi connectivity index (χ1) is 10.5. The highest BCUT2D eigenvalue weighted by Gasteiger charge is 2.16. The summed E-state index contributed by atoms with van der Waals surface area (Å²) in [5, 5.41) is 1.91. The number of aryl methyl sites for hydroxylation is 1. The molecule has 3 aromatic carbocycles. The van der Waals surface area contributed by atoms with Crippen LogP contribution in [-0.2, 0) is 10.1 Å². The smallest absolute Gasteiger partial charge is 0.339 e. The zero-order chi connectivity index (χ0) is 15.7. The van der Waals surface area contributed by atoms with Gasteiger partial charge in [-0.2, -0.15) is 8.42 Å². The summed E-state index contributed by atoms with van der Waals surface area (Å²) < 4.78 is 30.8. The van der Waals surface area contributed by atoms with Gasteiger partial charge in [0, 0.05) is 4.47 Å². The lowest BCUT2D eigenvalue weighted by Crippen LogP contribution is -2.09. The van der Waals surface area contributed by atoms with Crippen LogP contribution in [-0.4, -0.2) is 8.42 Å². The molecule has 0 bridgehead atoms. The van der Waals surface area contributed by atoms with Crippen molar-refractivity contribution < 1.29 is 12.6 Å². The van der Waals surface area contributed by atoms with Gasteiger partial charge < -0.3 is 4.18 Å². The monoisotopic (exact) mass is 376 g/mol. The molecular weight excluding hydrogens is 364 g/mol. The Labute approximate surface area is 137 Å². The molecule has 0 spiro atoms. The Kier molecular flexibility index (Phi) is 3.93. The van der Waals surface area contributed by atoms with Crippen LogP contribution in [0.15, 0.2) is 70.0 Å². The molecule has 112 valence electrons. The van der Waals surface area contributed by atoms with E-state index in [9.17, 15) is 8.42 Å². The summed E-state index contributed by atoms with van der Waals surface area (Å²) in [5.41, 5.74) is 0.995. The molecule has 0 aliphatic heterocycles. The molecule has 0 radical (unpaired) electrons. The van der Waals surface area contributed by atoms with Crippen LogP contribution in [0.4, 0.5) is 0 Å². The summed E-state index contributed by atoms with van der Waals surface area (Å²) in [6, 6.07) is 17.5. The minimum atomic E-state index is -3.82. The van der Waals surface area contributed by atoms with Gasteiger partial charge >= 0.3 is 10.1 Å². The van der Waals surface area contributed by atoms with Crippen LogP contribution >= 0.6 is 15.9 Å². The van der Waals surface area contributed by atoms with E-state index in [1.165, 1.54) is 0 Å². The fraction of sp³-hybridized carbons (Fsp3) is 0.0588. The highest BCUT2D eigenvalue weighted by atomic mass is 79.9. The highest BCUT2D eigenvalue weighted by Crippen LogP contribution is 2.28. The second kappa shape index (κ2) is 5.74. The topological polar surface area (TPSA) is 43.4 Å². The van der Waals surface area contributed by atoms with E-state index >= 15 is 0 Å². The molecule has 0 fully saturated rings. The van der Waals surface area contributed by atoms with Gasteiger partial charge in [-0.3, -0.25) is 0 Å². The Bertz CT molecular complexity index is 932. The van der Waals surface area contributed by atoms with Crippen molar-refractivity contribution in [2.45, 2.75) is 11.8 Å². The quantitative estimate of drug-likeness (QED) is 0.623. The van der Waals surface area contributed by atoms with Crippen LogP contribution in [0.1, 0.15) is 5.56 Å². The second-order valence-corrected chi connectivity index (χ2v) is 7.37. The van der Waals surface area contributed by atoms with Crippen LogP contribution in [0.2, 0.25) is 0 Å². The van der Waals surface area contributed by atoms with Gasteiger partial charge in [0.05, 0.1) is 0 Å². The number of benzene rings is 3. The second-order valence-electron chi connectivity index (χ2n) is 4.97. The molecule has 0 saturated heterocycles. The molecule has 0 unspecified atom stereocenters. The summed E-state index contributed by atoms with van der Waals surface area (Å²) >= 11 is 3.47. The Morgan fingerprint density at radius 1 is 0.955 bits per heavy atom. The third-order valence-corrected chi connectivity index (χ3v) is 5.27. The van der Waals surface area contributed by atoms with Crippen molar-refractivity contribution >= 4 is 36.8 Å². The lowest BCUT2D eigenvalue weighted by atomic mass is 10.1. The van der Waals surface area contributed by atoms with E-state index in [1.54, 1.807) is 36.4 Å². The molecule has 0 aliphatic rings. The van der Waals surface area contributed by atoms with Gasteiger partial charge in [-0.25, -0.2) is 0 Å². The van der Waals surface area contributed by atoms with E-state index in [-0.39, 0.29) is 4.90 Å². The van der Waals surface area contributed by atoms with Gasteiger partial charge in [-0.15, -0.1) is 0 Å². The van der Waals surface area contributed by atoms with Crippen LogP contribution in [0.5, 0.6) is 5.75 Å². The molecule has 22 heavy (non-hydrogen) atoms. The maximum absolute atomic E-state index is 12.3. The fourth-order valence-corrected chi connectivity index (χ4v) is 3.59. The van der Waals surface area contributed by atoms with Gasteiger partial charge in [-0.1, -0.05) is 45.8 Å². The van der Waals surface area contributed by atoms with E-state index in [1.807, 2.05) is 31.2 Å². The molecule has 5 heteroatoms. The Morgan fingerprint density at radius 2 is 1.68 bits per heavy atom. The van der Waals surface area contributed by atoms with Gasteiger partial charge in [0.2, 0.25) is 0 Å². The van der Waals surface area contributed by atoms with Gasteiger partial charge in [0.1, 0.15) is 10.6 Å². The maximum atomic E-state index is 12.3. The molecule has 3 aromatic rings. The number of hydrogen-bond acceptors (Lipinski definition) is 3. The molecule has 3 nitrogen and oxygen atoms in total. The molecule has 0 heterocycles. The van der Waals surface area contributed by atoms with Gasteiger partial charge in [0.25, 0.3) is 0 Å². The lowest BCUT2D eigenvalue weighted by Gasteiger charge is -2.08. The fourth-order valence-electron chi connectivity index (χ4n) is 2.15. The lowest BCUT2D eigenvalue weighted by molar-refractivity contribution is 0.486. The summed E-state index contributed by atoms with van der Waals surface area (Å²) in [6.07, 6.45) is 0. The van der Waals surface area contributed by atoms with Crippen molar-refractivity contribution in [2.24, 2.45) is 0 Å². The number of hydrogen-bond donors (Lipinski definition) is 0. The molecule has 0 N–H and O–H groups in total. The predicted octanol–water partition coefficient (Wildman–Crippen LogP) is 4.68. The Hall–Kier alpha value is -1.85. The number of fused-ring (bicyclic) bond motifs is 1. The van der Waals surface area contributed by atoms with E-state index in [4.69, 9.17) is 4.18 Å². The van der Waals surface area contributed by atoms with E-state index in [2.05, 4.69) is 15.9 Å². The van der Waals surface area contributed by atoms with Crippen LogP contribution in [0.3, 0.4) is 0 Å². The summed E-state index contributed by atoms with van der Waals surface area (Å²) in [4.78, 5) is 0.146. The highest BCUT2D eigenvalue weighted by molar-refractivity contribution is 9.10. The minimum absolute atomic E-state index is 0.146. The molecule has 0 aliphatic carbocycles. The first-order valence-electron chi connectivity index (χ1n) is 6.65. The van der Waals surface area contributed by atoms with Crippen LogP contribution in [0, 0.1) is 6.92 Å². The molecule has 0 atom stereocenters. The van der Waals surface area contributed by atoms with Crippen molar-refractivity contribution in [3.8, 4) is 5.75 Å². The zero-order valence-corrected chi connectivity index (χ0v) is 14.2. The SMILES string of the molecule is Cc1ccc(S(=O)(=O)Oc2ccc3c(Br)cccc3c2)cc1. The first-order valence-corrected chi connectivity index (χ1v) is 8.85. The number of rotatable bonds is 3. The third-order valence-electron chi connectivity index (χ3n) is 3.31. The van der Waals surface area contributed by atoms with Crippen LogP contribution < -0.4 is 4.18 Å². The summed E-state index contributed by atoms with van der Waals surface area (Å²) in [7, 11) is -3.82. The van der Waals surface area contributed by atoms with E-state index in [0.29, 0.717) is 5.75 Å². The third kappa shape index (κ3) is 3.00. The first kappa shape index (κ1) is 15.1. The molecule has 0 saturated carbocycles. The molecule has 0 aromatic heterocycles. The summed E-state index contributed by atoms with van der Waals surface area (Å²) in [5.74, 6) is 0.297. The van der Waals surface area contributed by atoms with Crippen molar-refractivity contribution in [1.29, 1.82) is 0 Å². The number of halogens is 1. The van der Waals surface area contributed by atoms with Crippen molar-refractivity contribution in [3.05, 3.63) is 70.7 Å². The van der Waals surface area contributed by atoms with E-state index in [0.717, 1.165) is 20.8 Å². The maximum Gasteiger partial charge on any atom is 0.339 e. The Morgan fingerprint density at radius 3 is 2.41 bits per heavy atom. The van der Waals surface area contributed by atoms with Gasteiger partial charge in [-0.05, 0) is 54.1 Å². The minimum Gasteiger partial charge on any atom is -0.379 e. The van der Waals surface area contributed by atoms with Crippen molar-refractivity contribution in [2.75, 3.05) is 0 Å². The van der Waals surface area contributed by atoms with Crippen molar-refractivity contribution in [3.63, 3.8) is 0 Å². The largest absolute Gasteiger partial charge is 0.379 e. The average Bonchev–Trinajstić information content (AvgIpc) is 2.47. The van der Waals surface area contributed by atoms with Crippen molar-refractivity contribution in [1.82, 2.24) is 0 Å². The van der Waals surface area contributed by atoms with Crippen LogP contribution in [0.25, 0.3) is 10.8 Å². The predicted molar refractivity (Wildman–Crippen MR) is 90.6 cm³/mol. The van der Waals surface area contributed by atoms with Gasteiger partial charge in [0.15, 0.2) is 0 Å². The summed E-state index contributed by atoms with van der Waals surface area (Å²) in [6.45, 7) is 1.90. The normalized spacial score (nSPS) is 11.5. The molecule has 0 amide bonds. The van der Waals surface area contributed by atoms with E-state index < -0.39 is 10.1 Å². The zero-order valence-electron chi connectivity index (χ0n) is 11.8. The molecular formula is C17H13BrO3S. The Balaban J connectivity index is 1.97. The average molecular weight is 377 g/mol. The standard InChI is InChI=1S/C17H13BrO3S/c1-12-5-8-15(9-6-12)22(19,20)21-14-7-10-16-13(11-14)3-2-4-17(16)18/h2-11H,1H3. The molecule has 3 rings (SSSR count).